The Morgan fingerprint density at radius 2 is 1.83 bits per heavy atom. The van der Waals surface area contributed by atoms with E-state index in [-0.39, 0.29) is 35.0 Å². The number of nitrogens with one attached hydrogen (secondary N) is 1. The van der Waals surface area contributed by atoms with Crippen LogP contribution >= 0.6 is 0 Å². The molecule has 36 heavy (non-hydrogen) atoms. The number of hydrogen-bond acceptors (Lipinski definition) is 4. The number of alkyl halides is 3. The molecule has 1 aromatic heterocycles. The number of aromatic nitrogens is 1. The zero-order valence-corrected chi connectivity index (χ0v) is 20.4. The van der Waals surface area contributed by atoms with E-state index in [1.165, 1.54) is 31.1 Å². The quantitative estimate of drug-likeness (QED) is 0.261. The van der Waals surface area contributed by atoms with Crippen LogP contribution in [-0.4, -0.2) is 36.1 Å². The van der Waals surface area contributed by atoms with Gasteiger partial charge in [0.25, 0.3) is 5.91 Å². The summed E-state index contributed by atoms with van der Waals surface area (Å²) < 4.78 is 61.2. The van der Waals surface area contributed by atoms with E-state index in [9.17, 15) is 18.0 Å². The summed E-state index contributed by atoms with van der Waals surface area (Å²) in [6.45, 7) is 3.39. The molecule has 0 saturated carbocycles. The fourth-order valence-electron chi connectivity index (χ4n) is 3.45. The third-order valence-corrected chi connectivity index (χ3v) is 5.28. The second-order valence-electron chi connectivity index (χ2n) is 8.32. The van der Waals surface area contributed by atoms with Crippen LogP contribution in [0.25, 0.3) is 17.2 Å². The molecule has 1 amide bonds. The SMILES string of the molecule is CCCC=C(C=C(c1ccc(NC(=O)c2oc(-c3ccccc3)nc2C)cc1F)N(C)C)C(F)(F)F. The molecular weight excluding hydrogens is 474 g/mol. The van der Waals surface area contributed by atoms with Crippen molar-refractivity contribution < 1.29 is 26.8 Å². The highest BCUT2D eigenvalue weighted by atomic mass is 19.4. The fourth-order valence-corrected chi connectivity index (χ4v) is 3.45. The molecule has 5 nitrogen and oxygen atoms in total. The number of amides is 1. The van der Waals surface area contributed by atoms with Crippen LogP contribution in [0.3, 0.4) is 0 Å². The number of halogens is 4. The van der Waals surface area contributed by atoms with E-state index in [2.05, 4.69) is 10.3 Å². The lowest BCUT2D eigenvalue weighted by molar-refractivity contribution is -0.0884. The van der Waals surface area contributed by atoms with Crippen LogP contribution in [0.4, 0.5) is 23.2 Å². The number of carbonyl (C=O) groups excluding carboxylic acids is 1. The van der Waals surface area contributed by atoms with Crippen LogP contribution < -0.4 is 5.32 Å². The van der Waals surface area contributed by atoms with E-state index in [1.807, 2.05) is 18.2 Å². The predicted molar refractivity (Wildman–Crippen MR) is 132 cm³/mol. The van der Waals surface area contributed by atoms with Crippen LogP contribution in [0.1, 0.15) is 41.6 Å². The molecule has 3 aromatic rings. The van der Waals surface area contributed by atoms with E-state index in [4.69, 9.17) is 4.42 Å². The first-order valence-corrected chi connectivity index (χ1v) is 11.3. The van der Waals surface area contributed by atoms with Gasteiger partial charge in [-0.05, 0) is 49.8 Å². The summed E-state index contributed by atoms with van der Waals surface area (Å²) in [6, 6.07) is 12.8. The third-order valence-electron chi connectivity index (χ3n) is 5.28. The first kappa shape index (κ1) is 26.7. The first-order chi connectivity index (χ1) is 17.0. The lowest BCUT2D eigenvalue weighted by atomic mass is 10.1. The lowest BCUT2D eigenvalue weighted by Crippen LogP contribution is -2.16. The van der Waals surface area contributed by atoms with E-state index in [0.29, 0.717) is 17.7 Å². The van der Waals surface area contributed by atoms with Crippen LogP contribution in [-0.2, 0) is 0 Å². The molecule has 3 rings (SSSR count). The smallest absolute Gasteiger partial charge is 0.416 e. The molecule has 0 aliphatic rings. The van der Waals surface area contributed by atoms with Crippen LogP contribution in [0.5, 0.6) is 0 Å². The van der Waals surface area contributed by atoms with Gasteiger partial charge in [-0.1, -0.05) is 37.6 Å². The Morgan fingerprint density at radius 3 is 2.42 bits per heavy atom. The number of aryl methyl sites for hydroxylation is 1. The second kappa shape index (κ2) is 11.2. The number of unbranched alkanes of at least 4 members (excludes halogenated alkanes) is 1. The number of benzene rings is 2. The standard InChI is InChI=1S/C27H27F4N3O2/c1-5-6-12-19(27(29,30)31)15-23(34(3)4)21-14-13-20(16-22(21)28)33-25(35)24-17(2)32-26(36-24)18-10-8-7-9-11-18/h7-16H,5-6H2,1-4H3,(H,33,35). The molecule has 1 N–H and O–H groups in total. The molecule has 2 aromatic carbocycles. The average molecular weight is 502 g/mol. The molecular formula is C27H27F4N3O2. The molecule has 9 heteroatoms. The van der Waals surface area contributed by atoms with Crippen molar-refractivity contribution in [2.24, 2.45) is 0 Å². The Balaban J connectivity index is 1.88. The van der Waals surface area contributed by atoms with E-state index >= 15 is 4.39 Å². The Labute approximate surface area is 207 Å². The van der Waals surface area contributed by atoms with E-state index < -0.39 is 23.5 Å². The zero-order chi connectivity index (χ0) is 26.5. The molecule has 0 unspecified atom stereocenters. The number of anilines is 1. The number of rotatable bonds is 8. The first-order valence-electron chi connectivity index (χ1n) is 11.3. The van der Waals surface area contributed by atoms with Crippen LogP contribution in [0.15, 0.2) is 70.7 Å². The normalized spacial score (nSPS) is 12.6. The van der Waals surface area contributed by atoms with Gasteiger partial charge < -0.3 is 14.6 Å². The van der Waals surface area contributed by atoms with Crippen molar-refractivity contribution in [3.63, 3.8) is 0 Å². The maximum atomic E-state index is 15.1. The van der Waals surface area contributed by atoms with Crippen molar-refractivity contribution in [1.82, 2.24) is 9.88 Å². The molecule has 0 bridgehead atoms. The predicted octanol–water partition coefficient (Wildman–Crippen LogP) is 7.23. The summed E-state index contributed by atoms with van der Waals surface area (Å²) in [5.41, 5.74) is 0.341. The van der Waals surface area contributed by atoms with Crippen molar-refractivity contribution >= 4 is 17.3 Å². The molecule has 0 saturated heterocycles. The average Bonchev–Trinajstić information content (AvgIpc) is 3.21. The minimum atomic E-state index is -4.58. The Morgan fingerprint density at radius 1 is 1.14 bits per heavy atom. The molecule has 1 heterocycles. The molecule has 0 atom stereocenters. The van der Waals surface area contributed by atoms with E-state index in [1.54, 1.807) is 26.0 Å². The minimum Gasteiger partial charge on any atom is -0.431 e. The molecule has 0 spiro atoms. The van der Waals surface area contributed by atoms with Gasteiger partial charge in [0, 0.05) is 36.6 Å². The largest absolute Gasteiger partial charge is 0.431 e. The monoisotopic (exact) mass is 501 g/mol. The highest BCUT2D eigenvalue weighted by Gasteiger charge is 2.32. The number of nitrogens with zero attached hydrogens (tertiary/aromatic N) is 2. The minimum absolute atomic E-state index is 0.0249. The summed E-state index contributed by atoms with van der Waals surface area (Å²) in [6.07, 6.45) is -1.76. The van der Waals surface area contributed by atoms with Gasteiger partial charge in [-0.15, -0.1) is 0 Å². The van der Waals surface area contributed by atoms with Crippen LogP contribution in [0, 0.1) is 12.7 Å². The highest BCUT2D eigenvalue weighted by Crippen LogP contribution is 2.32. The summed E-state index contributed by atoms with van der Waals surface area (Å²) in [5, 5.41) is 2.56. The van der Waals surface area contributed by atoms with Gasteiger partial charge in [0.05, 0.1) is 11.3 Å². The molecule has 190 valence electrons. The van der Waals surface area contributed by atoms with Crippen molar-refractivity contribution in [1.29, 1.82) is 0 Å². The summed E-state index contributed by atoms with van der Waals surface area (Å²) in [5.74, 6) is -1.16. The second-order valence-corrected chi connectivity index (χ2v) is 8.32. The Bertz CT molecular complexity index is 1280. The van der Waals surface area contributed by atoms with Gasteiger partial charge in [-0.2, -0.15) is 13.2 Å². The van der Waals surface area contributed by atoms with Crippen molar-refractivity contribution in [2.45, 2.75) is 32.9 Å². The van der Waals surface area contributed by atoms with Crippen LogP contribution in [0.2, 0.25) is 0 Å². The molecule has 0 fully saturated rings. The zero-order valence-electron chi connectivity index (χ0n) is 20.4. The lowest BCUT2D eigenvalue weighted by Gasteiger charge is -2.20. The van der Waals surface area contributed by atoms with Gasteiger partial charge in [-0.25, -0.2) is 9.37 Å². The van der Waals surface area contributed by atoms with Gasteiger partial charge >= 0.3 is 6.18 Å². The number of hydrogen-bond donors (Lipinski definition) is 1. The maximum Gasteiger partial charge on any atom is 0.416 e. The van der Waals surface area contributed by atoms with E-state index in [0.717, 1.165) is 18.2 Å². The number of allylic oxidation sites excluding steroid dienone is 3. The summed E-state index contributed by atoms with van der Waals surface area (Å²) >= 11 is 0. The maximum absolute atomic E-state index is 15.1. The van der Waals surface area contributed by atoms with Crippen molar-refractivity contribution in [3.8, 4) is 11.5 Å². The Hall–Kier alpha value is -3.88. The highest BCUT2D eigenvalue weighted by molar-refractivity contribution is 6.03. The van der Waals surface area contributed by atoms with Crippen molar-refractivity contribution in [3.05, 3.63) is 89.1 Å². The summed E-state index contributed by atoms with van der Waals surface area (Å²) in [4.78, 5) is 18.4. The van der Waals surface area contributed by atoms with Gasteiger partial charge in [0.15, 0.2) is 0 Å². The number of carbonyl (C=O) groups is 1. The van der Waals surface area contributed by atoms with Gasteiger partial charge in [-0.3, -0.25) is 4.79 Å². The Kier molecular flexibility index (Phi) is 8.34. The van der Waals surface area contributed by atoms with Gasteiger partial charge in [0.1, 0.15) is 5.82 Å². The molecule has 0 aliphatic carbocycles. The molecule has 0 radical (unpaired) electrons. The van der Waals surface area contributed by atoms with Gasteiger partial charge in [0.2, 0.25) is 11.7 Å². The fraction of sp³-hybridized carbons (Fsp3) is 0.259. The van der Waals surface area contributed by atoms with Crippen molar-refractivity contribution in [2.75, 3.05) is 19.4 Å². The summed E-state index contributed by atoms with van der Waals surface area (Å²) in [7, 11) is 3.07. The topological polar surface area (TPSA) is 58.4 Å². The third kappa shape index (κ3) is 6.41. The number of oxazole rings is 1. The molecule has 0 aliphatic heterocycles.